The van der Waals surface area contributed by atoms with Gasteiger partial charge in [0.1, 0.15) is 0 Å². The standard InChI is InChI=1S/C19H22N4O2S/c20-9-8-15-14-23(18-7-4-10-21-19(15)18)26(24,25)17-6-3-5-16(13-17)22-11-1-2-12-22/h3-7,10,13-14H,1-2,8-9,11-12,20H2. The SMILES string of the molecule is NCCc1cn(S(=O)(=O)c2cccc(N3CCCC3)c2)c2cccnc12. The largest absolute Gasteiger partial charge is 0.371 e. The van der Waals surface area contributed by atoms with Crippen LogP contribution in [0.4, 0.5) is 5.69 Å². The molecule has 0 bridgehead atoms. The number of nitrogens with two attached hydrogens (primary N) is 1. The number of rotatable bonds is 5. The Hall–Kier alpha value is -2.38. The number of pyridine rings is 1. The van der Waals surface area contributed by atoms with Crippen LogP contribution in [0.3, 0.4) is 0 Å². The summed E-state index contributed by atoms with van der Waals surface area (Å²) in [4.78, 5) is 6.88. The first kappa shape index (κ1) is 17.1. The highest BCUT2D eigenvalue weighted by Crippen LogP contribution is 2.28. The predicted molar refractivity (Wildman–Crippen MR) is 103 cm³/mol. The molecule has 1 aromatic carbocycles. The van der Waals surface area contributed by atoms with Crippen LogP contribution in [0.5, 0.6) is 0 Å². The van der Waals surface area contributed by atoms with Crippen LogP contribution in [-0.2, 0) is 16.4 Å². The van der Waals surface area contributed by atoms with Gasteiger partial charge in [-0.05, 0) is 61.7 Å². The van der Waals surface area contributed by atoms with Gasteiger partial charge in [-0.25, -0.2) is 12.4 Å². The average Bonchev–Trinajstić information content (AvgIpc) is 3.31. The molecule has 0 radical (unpaired) electrons. The monoisotopic (exact) mass is 370 g/mol. The van der Waals surface area contributed by atoms with Crippen molar-refractivity contribution >= 4 is 26.7 Å². The minimum absolute atomic E-state index is 0.293. The van der Waals surface area contributed by atoms with Crippen molar-refractivity contribution in [3.05, 3.63) is 54.4 Å². The van der Waals surface area contributed by atoms with E-state index in [0.29, 0.717) is 28.9 Å². The Morgan fingerprint density at radius 1 is 1.12 bits per heavy atom. The van der Waals surface area contributed by atoms with E-state index in [4.69, 9.17) is 5.73 Å². The maximum absolute atomic E-state index is 13.3. The van der Waals surface area contributed by atoms with E-state index in [-0.39, 0.29) is 0 Å². The Labute approximate surface area is 153 Å². The molecule has 0 unspecified atom stereocenters. The molecule has 2 N–H and O–H groups in total. The fourth-order valence-corrected chi connectivity index (χ4v) is 4.98. The molecule has 6 nitrogen and oxygen atoms in total. The number of hydrogen-bond donors (Lipinski definition) is 1. The highest BCUT2D eigenvalue weighted by Gasteiger charge is 2.23. The third kappa shape index (κ3) is 2.87. The zero-order valence-corrected chi connectivity index (χ0v) is 15.3. The van der Waals surface area contributed by atoms with Gasteiger partial charge in [0.2, 0.25) is 0 Å². The molecule has 1 saturated heterocycles. The maximum atomic E-state index is 13.3. The van der Waals surface area contributed by atoms with Crippen LogP contribution in [0.2, 0.25) is 0 Å². The summed E-state index contributed by atoms with van der Waals surface area (Å²) < 4.78 is 28.0. The topological polar surface area (TPSA) is 81.2 Å². The molecule has 1 aliphatic heterocycles. The number of nitrogens with zero attached hydrogens (tertiary/aromatic N) is 3. The molecule has 7 heteroatoms. The van der Waals surface area contributed by atoms with E-state index < -0.39 is 10.0 Å². The number of fused-ring (bicyclic) bond motifs is 1. The molecular formula is C19H22N4O2S. The van der Waals surface area contributed by atoms with E-state index in [1.54, 1.807) is 36.7 Å². The zero-order valence-electron chi connectivity index (χ0n) is 14.5. The third-order valence-electron chi connectivity index (χ3n) is 4.86. The quantitative estimate of drug-likeness (QED) is 0.746. The van der Waals surface area contributed by atoms with E-state index in [1.807, 2.05) is 12.1 Å². The van der Waals surface area contributed by atoms with Gasteiger partial charge in [-0.1, -0.05) is 6.07 Å². The van der Waals surface area contributed by atoms with Crippen LogP contribution in [0.15, 0.2) is 53.7 Å². The smallest absolute Gasteiger partial charge is 0.268 e. The molecule has 0 spiro atoms. The van der Waals surface area contributed by atoms with Crippen molar-refractivity contribution in [2.24, 2.45) is 5.73 Å². The molecule has 0 aliphatic carbocycles. The van der Waals surface area contributed by atoms with Crippen molar-refractivity contribution in [2.75, 3.05) is 24.5 Å². The summed E-state index contributed by atoms with van der Waals surface area (Å²) in [5, 5.41) is 0. The Morgan fingerprint density at radius 3 is 2.69 bits per heavy atom. The number of benzene rings is 1. The molecule has 3 heterocycles. The van der Waals surface area contributed by atoms with Crippen LogP contribution in [0.1, 0.15) is 18.4 Å². The van der Waals surface area contributed by atoms with Gasteiger partial charge in [-0.2, -0.15) is 0 Å². The average molecular weight is 370 g/mol. The van der Waals surface area contributed by atoms with E-state index in [0.717, 1.165) is 37.2 Å². The summed E-state index contributed by atoms with van der Waals surface area (Å²) in [7, 11) is -3.71. The molecule has 26 heavy (non-hydrogen) atoms. The Morgan fingerprint density at radius 2 is 1.92 bits per heavy atom. The first-order chi connectivity index (χ1) is 12.6. The maximum Gasteiger partial charge on any atom is 0.268 e. The van der Waals surface area contributed by atoms with Crippen LogP contribution in [-0.4, -0.2) is 37.0 Å². The zero-order chi connectivity index (χ0) is 18.1. The van der Waals surface area contributed by atoms with Crippen molar-refractivity contribution in [3.8, 4) is 0 Å². The summed E-state index contributed by atoms with van der Waals surface area (Å²) in [5.74, 6) is 0. The summed E-state index contributed by atoms with van der Waals surface area (Å²) in [6.07, 6.45) is 6.21. The lowest BCUT2D eigenvalue weighted by atomic mass is 10.2. The van der Waals surface area contributed by atoms with E-state index in [2.05, 4.69) is 9.88 Å². The van der Waals surface area contributed by atoms with Crippen molar-refractivity contribution in [3.63, 3.8) is 0 Å². The van der Waals surface area contributed by atoms with Gasteiger partial charge in [0, 0.05) is 31.2 Å². The lowest BCUT2D eigenvalue weighted by Crippen LogP contribution is -2.18. The fourth-order valence-electron chi connectivity index (χ4n) is 3.56. The van der Waals surface area contributed by atoms with Gasteiger partial charge in [0.15, 0.2) is 0 Å². The van der Waals surface area contributed by atoms with E-state index in [1.165, 1.54) is 3.97 Å². The van der Waals surface area contributed by atoms with Gasteiger partial charge in [-0.15, -0.1) is 0 Å². The summed E-state index contributed by atoms with van der Waals surface area (Å²) in [6.45, 7) is 2.39. The van der Waals surface area contributed by atoms with Crippen molar-refractivity contribution in [2.45, 2.75) is 24.2 Å². The minimum atomic E-state index is -3.71. The van der Waals surface area contributed by atoms with Gasteiger partial charge in [-0.3, -0.25) is 4.98 Å². The molecule has 0 atom stereocenters. The van der Waals surface area contributed by atoms with Crippen molar-refractivity contribution < 1.29 is 8.42 Å². The predicted octanol–water partition coefficient (Wildman–Crippen LogP) is 2.37. The van der Waals surface area contributed by atoms with E-state index >= 15 is 0 Å². The molecule has 4 rings (SSSR count). The van der Waals surface area contributed by atoms with Gasteiger partial charge >= 0.3 is 0 Å². The summed E-state index contributed by atoms with van der Waals surface area (Å²) in [5.41, 5.74) is 8.76. The lowest BCUT2D eigenvalue weighted by Gasteiger charge is -2.18. The van der Waals surface area contributed by atoms with Crippen LogP contribution < -0.4 is 10.6 Å². The third-order valence-corrected chi connectivity index (χ3v) is 6.53. The van der Waals surface area contributed by atoms with Crippen molar-refractivity contribution in [1.29, 1.82) is 0 Å². The lowest BCUT2D eigenvalue weighted by molar-refractivity contribution is 0.589. The minimum Gasteiger partial charge on any atom is -0.371 e. The molecule has 0 saturated carbocycles. The Balaban J connectivity index is 1.82. The van der Waals surface area contributed by atoms with Gasteiger partial charge in [0.05, 0.1) is 15.9 Å². The number of hydrogen-bond acceptors (Lipinski definition) is 5. The molecule has 3 aromatic rings. The van der Waals surface area contributed by atoms with Gasteiger partial charge in [0.25, 0.3) is 10.0 Å². The molecule has 0 amide bonds. The Bertz CT molecular complexity index is 1040. The normalized spacial score (nSPS) is 15.0. The second-order valence-corrected chi connectivity index (χ2v) is 8.37. The number of anilines is 1. The Kier molecular flexibility index (Phi) is 4.42. The van der Waals surface area contributed by atoms with Crippen LogP contribution >= 0.6 is 0 Å². The van der Waals surface area contributed by atoms with Crippen LogP contribution in [0.25, 0.3) is 11.0 Å². The molecule has 136 valence electrons. The van der Waals surface area contributed by atoms with Crippen LogP contribution in [0, 0.1) is 0 Å². The first-order valence-electron chi connectivity index (χ1n) is 8.87. The summed E-state index contributed by atoms with van der Waals surface area (Å²) >= 11 is 0. The van der Waals surface area contributed by atoms with E-state index in [9.17, 15) is 8.42 Å². The molecule has 1 fully saturated rings. The molecular weight excluding hydrogens is 348 g/mol. The van der Waals surface area contributed by atoms with Crippen molar-refractivity contribution in [1.82, 2.24) is 8.96 Å². The second kappa shape index (κ2) is 6.74. The summed E-state index contributed by atoms with van der Waals surface area (Å²) in [6, 6.07) is 10.7. The first-order valence-corrected chi connectivity index (χ1v) is 10.3. The number of aromatic nitrogens is 2. The molecule has 1 aliphatic rings. The molecule has 2 aromatic heterocycles. The second-order valence-electron chi connectivity index (χ2n) is 6.56. The van der Waals surface area contributed by atoms with Gasteiger partial charge < -0.3 is 10.6 Å². The highest BCUT2D eigenvalue weighted by atomic mass is 32.2. The fraction of sp³-hybridized carbons (Fsp3) is 0.316. The highest BCUT2D eigenvalue weighted by molar-refractivity contribution is 7.90.